The first-order valence-corrected chi connectivity index (χ1v) is 13.2. The zero-order valence-electron chi connectivity index (χ0n) is 21.7. The van der Waals surface area contributed by atoms with Crippen molar-refractivity contribution >= 4 is 16.5 Å². The van der Waals surface area contributed by atoms with Gasteiger partial charge in [0.2, 0.25) is 0 Å². The summed E-state index contributed by atoms with van der Waals surface area (Å²) in [5.41, 5.74) is 5.67. The van der Waals surface area contributed by atoms with Gasteiger partial charge in [-0.2, -0.15) is 0 Å². The Labute approximate surface area is 220 Å². The van der Waals surface area contributed by atoms with Gasteiger partial charge >= 0.3 is 0 Å². The predicted octanol–water partition coefficient (Wildman–Crippen LogP) is 4.33. The number of H-pyrrole nitrogens is 1. The lowest BCUT2D eigenvalue weighted by Crippen LogP contribution is -2.38. The van der Waals surface area contributed by atoms with Crippen LogP contribution in [0.25, 0.3) is 16.5 Å². The molecule has 9 heteroatoms. The highest BCUT2D eigenvalue weighted by molar-refractivity contribution is 5.83. The van der Waals surface area contributed by atoms with Gasteiger partial charge in [0.1, 0.15) is 11.9 Å². The molecular weight excluding hydrogens is 483 g/mol. The molecule has 4 heterocycles. The Morgan fingerprint density at radius 3 is 2.76 bits per heavy atom. The minimum atomic E-state index is -0.439. The van der Waals surface area contributed by atoms with Crippen LogP contribution < -0.4 is 5.56 Å². The fourth-order valence-electron chi connectivity index (χ4n) is 5.77. The van der Waals surface area contributed by atoms with Crippen LogP contribution in [0.3, 0.4) is 0 Å². The number of nitrogens with zero attached hydrogens (tertiary/aromatic N) is 5. The van der Waals surface area contributed by atoms with Gasteiger partial charge in [0.15, 0.2) is 5.82 Å². The Hall–Kier alpha value is -3.69. The first kappa shape index (κ1) is 24.6. The van der Waals surface area contributed by atoms with Gasteiger partial charge in [-0.25, -0.2) is 9.07 Å². The number of aromatic nitrogens is 5. The van der Waals surface area contributed by atoms with Crippen molar-refractivity contribution in [1.29, 1.82) is 0 Å². The van der Waals surface area contributed by atoms with Crippen LogP contribution in [0, 0.1) is 19.7 Å². The van der Waals surface area contributed by atoms with E-state index in [1.165, 1.54) is 12.1 Å². The molecule has 1 N–H and O–H groups in total. The van der Waals surface area contributed by atoms with E-state index in [-0.39, 0.29) is 17.5 Å². The normalized spacial score (nSPS) is 19.1. The fraction of sp³-hybridized carbons (Fsp3) is 0.379. The molecule has 1 fully saturated rings. The van der Waals surface area contributed by atoms with E-state index in [0.717, 1.165) is 59.0 Å². The molecule has 196 valence electrons. The molecule has 4 aromatic rings. The number of nitrogens with one attached hydrogen (secondary N) is 1. The number of hydrogen-bond donors (Lipinski definition) is 1. The maximum atomic E-state index is 13.6. The second-order valence-corrected chi connectivity index (χ2v) is 10.3. The van der Waals surface area contributed by atoms with Crippen molar-refractivity contribution in [3.8, 4) is 0 Å². The first-order valence-electron chi connectivity index (χ1n) is 13.2. The second-order valence-electron chi connectivity index (χ2n) is 10.3. The predicted molar refractivity (Wildman–Crippen MR) is 143 cm³/mol. The summed E-state index contributed by atoms with van der Waals surface area (Å²) < 4.78 is 21.1. The molecule has 0 spiro atoms. The van der Waals surface area contributed by atoms with Gasteiger partial charge in [0.05, 0.1) is 18.2 Å². The topological polar surface area (TPSA) is 88.9 Å². The average Bonchev–Trinajstić information content (AvgIpc) is 3.59. The molecule has 8 nitrogen and oxygen atoms in total. The standard InChI is InChI=1S/C29H31FN6O2/c1-18-14-19(2)26-22(15-18)16-25(29(37)31-26)27(28-32-33-34-36(28)17-24-4-3-13-38-24)35-11-9-21(10-12-35)20-5-7-23(30)8-6-20/h5-9,14-16,24,27H,3-4,10-13,17H2,1-2H3,(H,31,37). The largest absolute Gasteiger partial charge is 0.376 e. The van der Waals surface area contributed by atoms with Gasteiger partial charge in [-0.05, 0) is 89.9 Å². The molecule has 2 aliphatic heterocycles. The van der Waals surface area contributed by atoms with Crippen LogP contribution in [0.1, 0.15) is 53.4 Å². The molecule has 2 unspecified atom stereocenters. The van der Waals surface area contributed by atoms with Crippen molar-refractivity contribution in [2.45, 2.75) is 51.8 Å². The van der Waals surface area contributed by atoms with E-state index < -0.39 is 6.04 Å². The summed E-state index contributed by atoms with van der Waals surface area (Å²) >= 11 is 0. The van der Waals surface area contributed by atoms with Crippen LogP contribution in [0.2, 0.25) is 0 Å². The molecule has 0 radical (unpaired) electrons. The minimum absolute atomic E-state index is 0.0596. The van der Waals surface area contributed by atoms with Gasteiger partial charge < -0.3 is 9.72 Å². The molecule has 6 rings (SSSR count). The van der Waals surface area contributed by atoms with Crippen LogP contribution in [-0.4, -0.2) is 55.9 Å². The van der Waals surface area contributed by atoms with Crippen LogP contribution in [0.15, 0.2) is 53.3 Å². The third kappa shape index (κ3) is 4.79. The van der Waals surface area contributed by atoms with Gasteiger partial charge in [-0.1, -0.05) is 29.8 Å². The van der Waals surface area contributed by atoms with E-state index in [1.807, 2.05) is 25.1 Å². The highest BCUT2D eigenvalue weighted by Gasteiger charge is 2.32. The Kier molecular flexibility index (Phi) is 6.63. The van der Waals surface area contributed by atoms with Crippen molar-refractivity contribution in [2.75, 3.05) is 19.7 Å². The van der Waals surface area contributed by atoms with Gasteiger partial charge in [-0.3, -0.25) is 9.69 Å². The zero-order valence-corrected chi connectivity index (χ0v) is 21.7. The molecule has 2 aromatic heterocycles. The molecular formula is C29H31FN6O2. The second kappa shape index (κ2) is 10.2. The summed E-state index contributed by atoms with van der Waals surface area (Å²) in [6.45, 7) is 6.67. The molecule has 0 amide bonds. The third-order valence-corrected chi connectivity index (χ3v) is 7.64. The summed E-state index contributed by atoms with van der Waals surface area (Å²) in [4.78, 5) is 19.0. The van der Waals surface area contributed by atoms with Gasteiger partial charge in [0.25, 0.3) is 5.56 Å². The minimum Gasteiger partial charge on any atom is -0.376 e. The van der Waals surface area contributed by atoms with E-state index in [1.54, 1.807) is 4.68 Å². The number of rotatable bonds is 6. The lowest BCUT2D eigenvalue weighted by Gasteiger charge is -2.33. The molecule has 2 aromatic carbocycles. The number of halogens is 1. The SMILES string of the molecule is Cc1cc(C)c2[nH]c(=O)c(C(c3nnnn3CC3CCCO3)N3CC=C(c4ccc(F)cc4)CC3)cc2c1. The van der Waals surface area contributed by atoms with E-state index in [0.29, 0.717) is 31.0 Å². The van der Waals surface area contributed by atoms with E-state index in [4.69, 9.17) is 4.74 Å². The Morgan fingerprint density at radius 2 is 2.03 bits per heavy atom. The number of aryl methyl sites for hydroxylation is 2. The highest BCUT2D eigenvalue weighted by Crippen LogP contribution is 2.32. The van der Waals surface area contributed by atoms with Gasteiger partial charge in [-0.15, -0.1) is 5.10 Å². The van der Waals surface area contributed by atoms with E-state index >= 15 is 0 Å². The molecule has 0 saturated carbocycles. The molecule has 1 saturated heterocycles. The Morgan fingerprint density at radius 1 is 1.18 bits per heavy atom. The summed E-state index contributed by atoms with van der Waals surface area (Å²) in [5, 5.41) is 13.7. The third-order valence-electron chi connectivity index (χ3n) is 7.64. The zero-order chi connectivity index (χ0) is 26.2. The monoisotopic (exact) mass is 514 g/mol. The number of fused-ring (bicyclic) bond motifs is 1. The summed E-state index contributed by atoms with van der Waals surface area (Å²) in [6, 6.07) is 12.3. The smallest absolute Gasteiger partial charge is 0.253 e. The average molecular weight is 515 g/mol. The number of benzene rings is 2. The van der Waals surface area contributed by atoms with Crippen molar-refractivity contribution < 1.29 is 9.13 Å². The van der Waals surface area contributed by atoms with E-state index in [9.17, 15) is 9.18 Å². The molecule has 2 aliphatic rings. The Bertz CT molecular complexity index is 1550. The highest BCUT2D eigenvalue weighted by atomic mass is 19.1. The summed E-state index contributed by atoms with van der Waals surface area (Å²) in [5.74, 6) is 0.388. The molecule has 38 heavy (non-hydrogen) atoms. The number of hydrogen-bond acceptors (Lipinski definition) is 6. The summed E-state index contributed by atoms with van der Waals surface area (Å²) in [6.07, 6.45) is 4.97. The Balaban J connectivity index is 1.41. The van der Waals surface area contributed by atoms with Gasteiger partial charge in [0, 0.05) is 25.3 Å². The molecule has 0 bridgehead atoms. The van der Waals surface area contributed by atoms with Crippen LogP contribution >= 0.6 is 0 Å². The number of pyridine rings is 1. The number of aromatic amines is 1. The van der Waals surface area contributed by atoms with Crippen molar-refractivity contribution in [2.24, 2.45) is 0 Å². The fourth-order valence-corrected chi connectivity index (χ4v) is 5.77. The lowest BCUT2D eigenvalue weighted by molar-refractivity contribution is 0.0910. The quantitative estimate of drug-likeness (QED) is 0.412. The van der Waals surface area contributed by atoms with Crippen LogP contribution in [0.4, 0.5) is 4.39 Å². The number of tetrazole rings is 1. The maximum Gasteiger partial charge on any atom is 0.253 e. The lowest BCUT2D eigenvalue weighted by atomic mass is 9.96. The molecule has 0 aliphatic carbocycles. The van der Waals surface area contributed by atoms with Crippen molar-refractivity contribution in [3.05, 3.63) is 92.8 Å². The van der Waals surface area contributed by atoms with Crippen LogP contribution in [0.5, 0.6) is 0 Å². The maximum absolute atomic E-state index is 13.6. The summed E-state index contributed by atoms with van der Waals surface area (Å²) in [7, 11) is 0. The van der Waals surface area contributed by atoms with E-state index in [2.05, 4.69) is 50.5 Å². The van der Waals surface area contributed by atoms with Crippen LogP contribution in [-0.2, 0) is 11.3 Å². The van der Waals surface area contributed by atoms with Crippen molar-refractivity contribution in [3.63, 3.8) is 0 Å². The first-order chi connectivity index (χ1) is 18.5. The van der Waals surface area contributed by atoms with Crippen molar-refractivity contribution in [1.82, 2.24) is 30.1 Å². The molecule has 2 atom stereocenters. The number of ether oxygens (including phenoxy) is 1.